The first kappa shape index (κ1) is 99.0. The number of hydrogen-bond acceptors (Lipinski definition) is 31. The van der Waals surface area contributed by atoms with E-state index in [9.17, 15) is 20.1 Å². The normalized spacial score (nSPS) is 11.4. The lowest BCUT2D eigenvalue weighted by atomic mass is 10.1. The highest BCUT2D eigenvalue weighted by molar-refractivity contribution is 7.59. The molecule has 2 aromatic carbocycles. The van der Waals surface area contributed by atoms with Gasteiger partial charge in [0.15, 0.2) is 5.58 Å². The van der Waals surface area contributed by atoms with Crippen LogP contribution in [0.15, 0.2) is 131 Å². The SMILES string of the molecule is CCCCCCCCCCN(CCC)c1cc2sc(/C=C(\C#N)c3nc4ccccc4o3)cc2s1.CCCOCCN(C)c1cc2sc(C=C(C#N)C#N)cc2s1.CN(CCO)c1cc2sc(/C=C(\C#N)c3nc4ccccc4s3)cc2s1.O=S(=O)=O.[C-]#[N+]/C(=C\c1cc2sc(N(C)C)cc2s1)C(=O)OC(C)(C)C.[C-]#[N+]/C(=C\c1cc2sc(NC)cc2s1)C(=O)O. The summed E-state index contributed by atoms with van der Waals surface area (Å²) < 4.78 is 54.8. The summed E-state index contributed by atoms with van der Waals surface area (Å²) in [5.41, 5.74) is 2.74. The predicted molar refractivity (Wildman–Crippen MR) is 534 cm³/mol. The molecule has 0 atom stereocenters. The largest absolute Gasteiger partial charge is 0.486 e. The Balaban J connectivity index is 0.000000180. The Morgan fingerprint density at radius 3 is 1.47 bits per heavy atom. The van der Waals surface area contributed by atoms with E-state index in [1.165, 1.54) is 112 Å². The van der Waals surface area contributed by atoms with E-state index in [1.807, 2.05) is 137 Å². The van der Waals surface area contributed by atoms with Crippen molar-refractivity contribution < 1.29 is 46.3 Å². The second kappa shape index (κ2) is 49.4. The third kappa shape index (κ3) is 29.4. The van der Waals surface area contributed by atoms with Crippen molar-refractivity contribution in [2.75, 3.05) is 106 Å². The van der Waals surface area contributed by atoms with Crippen molar-refractivity contribution in [2.24, 2.45) is 0 Å². The van der Waals surface area contributed by atoms with Crippen molar-refractivity contribution in [1.82, 2.24) is 9.97 Å². The summed E-state index contributed by atoms with van der Waals surface area (Å²) in [6, 6.07) is 44.9. The Labute approximate surface area is 778 Å². The Bertz CT molecular complexity index is 6370. The molecule has 0 radical (unpaired) electrons. The number of nitriles is 4. The van der Waals surface area contributed by atoms with Gasteiger partial charge in [-0.05, 0) is 155 Å². The molecule has 12 heterocycles. The molecule has 0 aliphatic carbocycles. The number of allylic oxidation sites excluding steroid dienone is 3. The summed E-state index contributed by atoms with van der Waals surface area (Å²) >= 11 is 18.2. The average molecular weight is 1910 g/mol. The van der Waals surface area contributed by atoms with Crippen LogP contribution in [-0.4, -0.2) is 132 Å². The maximum Gasteiger partial charge on any atom is 0.425 e. The molecule has 654 valence electrons. The van der Waals surface area contributed by atoms with E-state index in [4.69, 9.17) is 60.4 Å². The van der Waals surface area contributed by atoms with E-state index in [2.05, 4.69) is 121 Å². The van der Waals surface area contributed by atoms with Crippen LogP contribution in [0.3, 0.4) is 0 Å². The van der Waals surface area contributed by atoms with E-state index < -0.39 is 28.1 Å². The molecular weight excluding hydrogens is 1820 g/mol. The standard InChI is InChI=1S/C29H35N3OS2.C19H15N3OS3.C16H17N3OS2.C16H18N2O2S2.C11H8N2O2S2.O3S/c1-3-5-6-7-8-9-10-13-17-32(16-4-2)28-20-27-26(35-28)19-23(34-27)18-22(21-30)29-31-24-14-11-12-15-25(24)33-29;1-22(6-7-23)18-10-17-16(25-18)9-13(24-17)8-12(11-20)19-21-14-4-2-3-5-15(14)26-19;1-3-5-20-6-4-19(2)16-9-15-14(22-16)8-13(21-15)7-12(10-17)11-18;1-16(2,3)20-15(19)11(17-4)7-10-8-12-13(21-10)9-14(22-12)18(5)6;1-12-7(11(14)15)3-6-4-8-9(16-6)5-10(13-2)17-8;1-4(2)3/h11-12,14-15,18-20H,3-10,13,16-17H2,1-2H3;2-5,8-10,23H,6-7H2,1H3;7-9H,3-6H2,1-2H3;7-9H,1-3,5-6H3;3-5,13H,2H3,(H,14,15);/b22-18+;12-8+;;11-7-;7-3-;. The fourth-order valence-corrected chi connectivity index (χ4v) is 24.4. The van der Waals surface area contributed by atoms with Crippen LogP contribution in [0.2, 0.25) is 0 Å². The summed E-state index contributed by atoms with van der Waals surface area (Å²) in [6.45, 7) is 31.4. The van der Waals surface area contributed by atoms with Crippen LogP contribution in [0.1, 0.15) is 141 Å². The quantitative estimate of drug-likeness (QED) is 0.0116. The number of esters is 1. The zero-order valence-corrected chi connectivity index (χ0v) is 81.0. The number of carboxylic acid groups (broad SMARTS) is 1. The number of aliphatic hydroxyl groups excluding tert-OH is 1. The lowest BCUT2D eigenvalue weighted by Crippen LogP contribution is -2.24. The van der Waals surface area contributed by atoms with Gasteiger partial charge in [0.1, 0.15) is 51.5 Å². The molecule has 14 aromatic rings. The van der Waals surface area contributed by atoms with Gasteiger partial charge in [-0.1, -0.05) is 90.0 Å². The molecule has 12 aromatic heterocycles. The second-order valence-electron chi connectivity index (χ2n) is 29.0. The van der Waals surface area contributed by atoms with Crippen molar-refractivity contribution in [3.63, 3.8) is 0 Å². The van der Waals surface area contributed by atoms with Gasteiger partial charge in [0.25, 0.3) is 11.4 Å². The number of para-hydroxylation sites is 3. The van der Waals surface area contributed by atoms with Crippen LogP contribution in [0.4, 0.5) is 25.0 Å². The molecule has 23 nitrogen and oxygen atoms in total. The number of aliphatic hydroxyl groups is 1. The number of thiazole rings is 1. The van der Waals surface area contributed by atoms with Crippen LogP contribution in [0, 0.1) is 58.5 Å². The molecule has 0 unspecified atom stereocenters. The molecule has 0 bridgehead atoms. The Kier molecular flexibility index (Phi) is 38.8. The van der Waals surface area contributed by atoms with Crippen molar-refractivity contribution in [2.45, 2.75) is 111 Å². The number of anilines is 5. The van der Waals surface area contributed by atoms with Gasteiger partial charge in [0, 0.05) is 139 Å². The predicted octanol–water partition coefficient (Wildman–Crippen LogP) is 25.8. The minimum absolute atomic E-state index is 0.0108. The molecule has 14 rings (SSSR count). The van der Waals surface area contributed by atoms with Crippen molar-refractivity contribution >= 4 is 282 Å². The van der Waals surface area contributed by atoms with Crippen LogP contribution in [0.5, 0.6) is 0 Å². The van der Waals surface area contributed by atoms with Crippen LogP contribution >= 0.6 is 125 Å². The molecule has 0 saturated heterocycles. The van der Waals surface area contributed by atoms with E-state index in [1.54, 1.807) is 135 Å². The monoisotopic (exact) mass is 1910 g/mol. The van der Waals surface area contributed by atoms with Gasteiger partial charge in [-0.15, -0.1) is 137 Å². The number of aliphatic carboxylic acids is 1. The molecule has 0 saturated carbocycles. The summed E-state index contributed by atoms with van der Waals surface area (Å²) in [7, 11) is 6.81. The molecule has 0 amide bonds. The van der Waals surface area contributed by atoms with E-state index in [-0.39, 0.29) is 23.6 Å². The van der Waals surface area contributed by atoms with Gasteiger partial charge in [-0.25, -0.2) is 19.7 Å². The number of oxazole rings is 1. The topological polar surface area (TPSA) is 312 Å². The first-order valence-corrected chi connectivity index (χ1v) is 49.9. The lowest BCUT2D eigenvalue weighted by Gasteiger charge is -2.22. The van der Waals surface area contributed by atoms with Crippen molar-refractivity contribution in [3.8, 4) is 24.3 Å². The number of rotatable bonds is 32. The van der Waals surface area contributed by atoms with E-state index >= 15 is 0 Å². The highest BCUT2D eigenvalue weighted by Gasteiger charge is 2.23. The fraction of sp³-hybridized carbons (Fsp3) is 0.319. The first-order valence-electron chi connectivity index (χ1n) is 39.9. The zero-order chi connectivity index (χ0) is 91.0. The fourth-order valence-electron chi connectivity index (χ4n) is 12.0. The number of hydrogen-bond donors (Lipinski definition) is 3. The summed E-state index contributed by atoms with van der Waals surface area (Å²) in [4.78, 5) is 51.7. The van der Waals surface area contributed by atoms with Gasteiger partial charge in [0.05, 0.1) is 67.2 Å². The highest BCUT2D eigenvalue weighted by Crippen LogP contribution is 2.44. The van der Waals surface area contributed by atoms with Gasteiger partial charge in [-0.2, -0.15) is 21.0 Å². The van der Waals surface area contributed by atoms with Crippen LogP contribution < -0.4 is 24.9 Å². The lowest BCUT2D eigenvalue weighted by molar-refractivity contribution is -0.149. The number of benzene rings is 2. The van der Waals surface area contributed by atoms with Crippen LogP contribution in [0.25, 0.3) is 120 Å². The molecule has 0 spiro atoms. The Hall–Kier alpha value is -10.8. The Morgan fingerprint density at radius 1 is 0.516 bits per heavy atom. The second-order valence-corrected chi connectivity index (χ2v) is 41.4. The highest BCUT2D eigenvalue weighted by atomic mass is 32.2. The van der Waals surface area contributed by atoms with Gasteiger partial charge >= 0.3 is 22.5 Å². The number of unbranched alkanes of at least 4 members (excludes halogenated alkanes) is 7. The number of ether oxygens (including phenoxy) is 2. The molecule has 0 fully saturated rings. The smallest absolute Gasteiger partial charge is 0.425 e. The number of nitrogens with one attached hydrogen (secondary N) is 1. The van der Waals surface area contributed by atoms with Gasteiger partial charge in [0.2, 0.25) is 5.89 Å². The molecule has 0 aliphatic rings. The molecule has 35 heteroatoms. The molecule has 3 N–H and O–H groups in total. The molecule has 126 heavy (non-hydrogen) atoms. The number of carbonyl (C=O) groups excluding carboxylic acids is 1. The van der Waals surface area contributed by atoms with Crippen molar-refractivity contribution in [1.29, 1.82) is 21.0 Å². The van der Waals surface area contributed by atoms with Crippen molar-refractivity contribution in [3.05, 3.63) is 184 Å². The third-order valence-electron chi connectivity index (χ3n) is 18.0. The number of aromatic nitrogens is 2. The number of nitrogens with zero attached hydrogens (tertiary/aromatic N) is 12. The van der Waals surface area contributed by atoms with E-state index in [0.717, 1.165) is 120 Å². The molecular formula is C91H93N13O10S12. The number of carboxylic acids is 1. The minimum atomic E-state index is -3.11. The first-order chi connectivity index (χ1) is 60.6. The number of carbonyl (C=O) groups is 2. The maximum atomic E-state index is 12.0. The number of likely N-dealkylation sites (N-methyl/N-ethyl adjacent to an activating group) is 2. The number of thiophene rings is 10. The van der Waals surface area contributed by atoms with Gasteiger partial charge in [-0.3, -0.25) is 9.59 Å². The van der Waals surface area contributed by atoms with E-state index in [0.29, 0.717) is 29.2 Å². The summed E-state index contributed by atoms with van der Waals surface area (Å²) in [6.07, 6.45) is 21.5. The number of fused-ring (bicyclic) bond motifs is 7. The van der Waals surface area contributed by atoms with Crippen LogP contribution in [-0.2, 0) is 29.7 Å². The Morgan fingerprint density at radius 2 is 0.984 bits per heavy atom. The zero-order valence-electron chi connectivity index (χ0n) is 71.2. The molecule has 0 aliphatic heterocycles. The van der Waals surface area contributed by atoms with Gasteiger partial charge < -0.3 is 49.0 Å². The average Bonchev–Trinajstić information content (AvgIpc) is 1.62. The minimum Gasteiger partial charge on any atom is -0.486 e. The summed E-state index contributed by atoms with van der Waals surface area (Å²) in [5.74, 6) is -1.38. The third-order valence-corrected chi connectivity index (χ3v) is 30.7. The summed E-state index contributed by atoms with van der Waals surface area (Å²) in [5, 5.41) is 64.5. The maximum absolute atomic E-state index is 12.0.